The van der Waals surface area contributed by atoms with Crippen molar-refractivity contribution in [3.8, 4) is 5.88 Å². The molecule has 1 aliphatic rings. The van der Waals surface area contributed by atoms with Crippen LogP contribution in [0.3, 0.4) is 0 Å². The third-order valence-corrected chi connectivity index (χ3v) is 2.57. The molecule has 5 heteroatoms. The predicted octanol–water partition coefficient (Wildman–Crippen LogP) is 1.14. The van der Waals surface area contributed by atoms with Gasteiger partial charge in [0, 0.05) is 19.2 Å². The van der Waals surface area contributed by atoms with Crippen LogP contribution in [0, 0.1) is 0 Å². The van der Waals surface area contributed by atoms with Crippen LogP contribution in [0.5, 0.6) is 5.88 Å². The second-order valence-electron chi connectivity index (χ2n) is 4.13. The number of nitrogens with one attached hydrogen (secondary N) is 1. The summed E-state index contributed by atoms with van der Waals surface area (Å²) in [7, 11) is 0. The van der Waals surface area contributed by atoms with Crippen LogP contribution >= 0.6 is 0 Å². The third kappa shape index (κ3) is 3.94. The predicted molar refractivity (Wildman–Crippen MR) is 63.9 cm³/mol. The Morgan fingerprint density at radius 3 is 3.24 bits per heavy atom. The summed E-state index contributed by atoms with van der Waals surface area (Å²) >= 11 is 0. The van der Waals surface area contributed by atoms with Crippen molar-refractivity contribution in [1.82, 2.24) is 15.3 Å². The standard InChI is InChI=1S/C12H19N3O2/c1-2-4-13-6-10-7-14-8-12(15-10)17-11-3-5-16-9-11/h7-8,11,13H,2-6,9H2,1H3. The van der Waals surface area contributed by atoms with E-state index in [0.717, 1.165) is 38.2 Å². The first-order chi connectivity index (χ1) is 8.38. The van der Waals surface area contributed by atoms with E-state index in [1.165, 1.54) is 0 Å². The molecular weight excluding hydrogens is 218 g/mol. The minimum Gasteiger partial charge on any atom is -0.471 e. The monoisotopic (exact) mass is 237 g/mol. The number of hydrogen-bond donors (Lipinski definition) is 1. The van der Waals surface area contributed by atoms with Crippen LogP contribution in [0.2, 0.25) is 0 Å². The molecule has 1 aliphatic heterocycles. The van der Waals surface area contributed by atoms with Crippen molar-refractivity contribution in [3.63, 3.8) is 0 Å². The minimum atomic E-state index is 0.128. The Labute approximate surface area is 102 Å². The second kappa shape index (κ2) is 6.51. The van der Waals surface area contributed by atoms with Gasteiger partial charge in [-0.2, -0.15) is 0 Å². The molecule has 5 nitrogen and oxygen atoms in total. The highest BCUT2D eigenvalue weighted by Crippen LogP contribution is 2.13. The van der Waals surface area contributed by atoms with Gasteiger partial charge in [-0.15, -0.1) is 0 Å². The Kier molecular flexibility index (Phi) is 4.70. The first kappa shape index (κ1) is 12.3. The third-order valence-electron chi connectivity index (χ3n) is 2.57. The fourth-order valence-corrected chi connectivity index (χ4v) is 1.70. The first-order valence-corrected chi connectivity index (χ1v) is 6.14. The van der Waals surface area contributed by atoms with Gasteiger partial charge in [-0.3, -0.25) is 4.98 Å². The topological polar surface area (TPSA) is 56.3 Å². The zero-order valence-corrected chi connectivity index (χ0v) is 10.2. The van der Waals surface area contributed by atoms with Gasteiger partial charge in [0.15, 0.2) is 0 Å². The van der Waals surface area contributed by atoms with Gasteiger partial charge in [-0.05, 0) is 13.0 Å². The Bertz CT molecular complexity index is 340. The van der Waals surface area contributed by atoms with E-state index in [1.807, 2.05) is 0 Å². The molecule has 1 fully saturated rings. The van der Waals surface area contributed by atoms with Crippen LogP contribution in [0.15, 0.2) is 12.4 Å². The van der Waals surface area contributed by atoms with Gasteiger partial charge in [-0.1, -0.05) is 6.92 Å². The van der Waals surface area contributed by atoms with Gasteiger partial charge in [-0.25, -0.2) is 4.98 Å². The summed E-state index contributed by atoms with van der Waals surface area (Å²) < 4.78 is 10.9. The molecule has 94 valence electrons. The molecule has 1 atom stereocenters. The highest BCUT2D eigenvalue weighted by molar-refractivity contribution is 5.08. The highest BCUT2D eigenvalue weighted by atomic mass is 16.5. The number of hydrogen-bond acceptors (Lipinski definition) is 5. The molecule has 1 aromatic rings. The summed E-state index contributed by atoms with van der Waals surface area (Å²) in [5, 5.41) is 3.29. The maximum absolute atomic E-state index is 5.70. The van der Waals surface area contributed by atoms with Crippen LogP contribution in [-0.4, -0.2) is 35.8 Å². The molecule has 0 bridgehead atoms. The highest BCUT2D eigenvalue weighted by Gasteiger charge is 2.17. The molecule has 1 saturated heterocycles. The number of nitrogens with zero attached hydrogens (tertiary/aromatic N) is 2. The van der Waals surface area contributed by atoms with E-state index in [-0.39, 0.29) is 6.10 Å². The van der Waals surface area contributed by atoms with Gasteiger partial charge in [0.2, 0.25) is 5.88 Å². The molecule has 1 unspecified atom stereocenters. The molecule has 0 aliphatic carbocycles. The maximum Gasteiger partial charge on any atom is 0.232 e. The lowest BCUT2D eigenvalue weighted by atomic mass is 10.3. The molecule has 0 amide bonds. The van der Waals surface area contributed by atoms with Gasteiger partial charge in [0.1, 0.15) is 6.10 Å². The van der Waals surface area contributed by atoms with Crippen molar-refractivity contribution >= 4 is 0 Å². The first-order valence-electron chi connectivity index (χ1n) is 6.14. The van der Waals surface area contributed by atoms with Crippen molar-refractivity contribution in [3.05, 3.63) is 18.1 Å². The Morgan fingerprint density at radius 1 is 1.53 bits per heavy atom. The van der Waals surface area contributed by atoms with Crippen LogP contribution in [0.4, 0.5) is 0 Å². The van der Waals surface area contributed by atoms with Crippen LogP contribution in [0.25, 0.3) is 0 Å². The molecule has 0 aromatic carbocycles. The Morgan fingerprint density at radius 2 is 2.47 bits per heavy atom. The number of aromatic nitrogens is 2. The van der Waals surface area contributed by atoms with Crippen molar-refractivity contribution in [2.75, 3.05) is 19.8 Å². The molecule has 17 heavy (non-hydrogen) atoms. The molecule has 1 N–H and O–H groups in total. The summed E-state index contributed by atoms with van der Waals surface area (Å²) in [6, 6.07) is 0. The van der Waals surface area contributed by atoms with E-state index >= 15 is 0 Å². The largest absolute Gasteiger partial charge is 0.471 e. The summed E-state index contributed by atoms with van der Waals surface area (Å²) in [6.07, 6.45) is 5.59. The zero-order chi connectivity index (χ0) is 11.9. The average molecular weight is 237 g/mol. The van der Waals surface area contributed by atoms with Crippen molar-refractivity contribution < 1.29 is 9.47 Å². The molecule has 0 spiro atoms. The van der Waals surface area contributed by atoms with E-state index < -0.39 is 0 Å². The van der Waals surface area contributed by atoms with Crippen molar-refractivity contribution in [1.29, 1.82) is 0 Å². The van der Waals surface area contributed by atoms with Gasteiger partial charge in [0.25, 0.3) is 0 Å². The fraction of sp³-hybridized carbons (Fsp3) is 0.667. The normalized spacial score (nSPS) is 19.5. The Hall–Kier alpha value is -1.20. The van der Waals surface area contributed by atoms with Gasteiger partial charge >= 0.3 is 0 Å². The zero-order valence-electron chi connectivity index (χ0n) is 10.2. The molecule has 1 aromatic heterocycles. The smallest absolute Gasteiger partial charge is 0.232 e. The summed E-state index contributed by atoms with van der Waals surface area (Å²) in [4.78, 5) is 8.54. The van der Waals surface area contributed by atoms with Crippen molar-refractivity contribution in [2.45, 2.75) is 32.4 Å². The molecule has 0 saturated carbocycles. The molecule has 2 heterocycles. The number of ether oxygens (including phenoxy) is 2. The Balaban J connectivity index is 1.86. The quantitative estimate of drug-likeness (QED) is 0.752. The van der Waals surface area contributed by atoms with E-state index in [1.54, 1.807) is 12.4 Å². The number of rotatable bonds is 6. The van der Waals surface area contributed by atoms with Gasteiger partial charge in [0.05, 0.1) is 25.1 Å². The van der Waals surface area contributed by atoms with E-state index in [9.17, 15) is 0 Å². The average Bonchev–Trinajstić information content (AvgIpc) is 2.83. The minimum absolute atomic E-state index is 0.128. The van der Waals surface area contributed by atoms with Crippen molar-refractivity contribution in [2.24, 2.45) is 0 Å². The lowest BCUT2D eigenvalue weighted by molar-refractivity contribution is 0.137. The van der Waals surface area contributed by atoms with Gasteiger partial charge < -0.3 is 14.8 Å². The van der Waals surface area contributed by atoms with Crippen LogP contribution in [0.1, 0.15) is 25.5 Å². The summed E-state index contributed by atoms with van der Waals surface area (Å²) in [5.74, 6) is 0.594. The summed E-state index contributed by atoms with van der Waals surface area (Å²) in [6.45, 7) is 5.29. The second-order valence-corrected chi connectivity index (χ2v) is 4.13. The molecule has 0 radical (unpaired) electrons. The van der Waals surface area contributed by atoms with E-state index in [0.29, 0.717) is 12.5 Å². The van der Waals surface area contributed by atoms with Crippen LogP contribution < -0.4 is 10.1 Å². The lowest BCUT2D eigenvalue weighted by Crippen LogP contribution is -2.18. The summed E-state index contributed by atoms with van der Waals surface area (Å²) in [5.41, 5.74) is 0.912. The van der Waals surface area contributed by atoms with Crippen LogP contribution in [-0.2, 0) is 11.3 Å². The van der Waals surface area contributed by atoms with E-state index in [4.69, 9.17) is 9.47 Å². The lowest BCUT2D eigenvalue weighted by Gasteiger charge is -2.11. The molecular formula is C12H19N3O2. The molecule has 2 rings (SSSR count). The SMILES string of the molecule is CCCNCc1cncc(OC2CCOC2)n1. The fourth-order valence-electron chi connectivity index (χ4n) is 1.70. The van der Waals surface area contributed by atoms with E-state index in [2.05, 4.69) is 22.2 Å². The maximum atomic E-state index is 5.70.